The monoisotopic (exact) mass is 550 g/mol. The third-order valence-electron chi connectivity index (χ3n) is 7.56. The molecule has 1 saturated carbocycles. The Morgan fingerprint density at radius 2 is 1.79 bits per heavy atom. The first kappa shape index (κ1) is 27.4. The second-order valence-corrected chi connectivity index (χ2v) is 10.7. The average Bonchev–Trinajstić information content (AvgIpc) is 3.69. The number of halogens is 5. The van der Waals surface area contributed by atoms with Crippen molar-refractivity contribution in [2.45, 2.75) is 44.5 Å². The number of anilines is 1. The van der Waals surface area contributed by atoms with Crippen molar-refractivity contribution in [3.8, 4) is 0 Å². The van der Waals surface area contributed by atoms with E-state index >= 15 is 0 Å². The van der Waals surface area contributed by atoms with Crippen LogP contribution in [-0.4, -0.2) is 71.7 Å². The van der Waals surface area contributed by atoms with Crippen LogP contribution in [0.4, 0.5) is 27.6 Å². The zero-order chi connectivity index (χ0) is 27.8. The van der Waals surface area contributed by atoms with E-state index in [4.69, 9.17) is 0 Å². The van der Waals surface area contributed by atoms with Gasteiger partial charge >= 0.3 is 6.18 Å². The minimum Gasteiger partial charge on any atom is -0.376 e. The molecule has 1 N–H and O–H groups in total. The summed E-state index contributed by atoms with van der Waals surface area (Å²) in [6, 6.07) is 10.7. The fourth-order valence-electron chi connectivity index (χ4n) is 5.23. The van der Waals surface area contributed by atoms with E-state index in [0.29, 0.717) is 0 Å². The summed E-state index contributed by atoms with van der Waals surface area (Å²) in [7, 11) is 0. The first-order chi connectivity index (χ1) is 18.5. The summed E-state index contributed by atoms with van der Waals surface area (Å²) in [5, 5.41) is 3.13. The van der Waals surface area contributed by atoms with Crippen LogP contribution in [0, 0.1) is 5.92 Å². The predicted molar refractivity (Wildman–Crippen MR) is 135 cm³/mol. The van der Waals surface area contributed by atoms with E-state index in [1.54, 1.807) is 0 Å². The summed E-state index contributed by atoms with van der Waals surface area (Å²) < 4.78 is 67.4. The lowest BCUT2D eigenvalue weighted by Gasteiger charge is -2.39. The number of carbonyl (C=O) groups is 2. The molecule has 0 aromatic heterocycles. The molecule has 1 saturated heterocycles. The Kier molecular flexibility index (Phi) is 7.54. The number of carbonyl (C=O) groups excluding carboxylic acids is 2. The molecule has 39 heavy (non-hydrogen) atoms. The molecule has 1 aliphatic carbocycles. The van der Waals surface area contributed by atoms with Crippen molar-refractivity contribution in [1.82, 2.24) is 14.7 Å². The first-order valence-corrected chi connectivity index (χ1v) is 13.1. The Labute approximate surface area is 223 Å². The zero-order valence-corrected chi connectivity index (χ0v) is 21.4. The predicted octanol–water partition coefficient (Wildman–Crippen LogP) is 4.39. The summed E-state index contributed by atoms with van der Waals surface area (Å²) in [5.41, 5.74) is 1.96. The van der Waals surface area contributed by atoms with Crippen molar-refractivity contribution in [3.05, 3.63) is 64.7 Å². The maximum Gasteiger partial charge on any atom is 0.416 e. The molecule has 5 rings (SSSR count). The van der Waals surface area contributed by atoms with Gasteiger partial charge in [-0.15, -0.1) is 0 Å². The van der Waals surface area contributed by atoms with Crippen LogP contribution >= 0.6 is 0 Å². The average molecular weight is 551 g/mol. The molecule has 0 atom stereocenters. The highest BCUT2D eigenvalue weighted by molar-refractivity contribution is 5.87. The van der Waals surface area contributed by atoms with Crippen molar-refractivity contribution in [3.63, 3.8) is 0 Å². The number of hydrogen-bond acceptors (Lipinski definition) is 4. The molecule has 0 bridgehead atoms. The van der Waals surface area contributed by atoms with Crippen LogP contribution in [0.25, 0.3) is 0 Å². The Morgan fingerprint density at radius 1 is 1.05 bits per heavy atom. The molecule has 6 nitrogen and oxygen atoms in total. The maximum absolute atomic E-state index is 13.6. The van der Waals surface area contributed by atoms with Gasteiger partial charge in [-0.1, -0.05) is 30.3 Å². The molecule has 2 aliphatic heterocycles. The number of alkyl halides is 5. The number of rotatable bonds is 9. The smallest absolute Gasteiger partial charge is 0.376 e. The van der Waals surface area contributed by atoms with Crippen LogP contribution in [-0.2, 0) is 35.3 Å². The van der Waals surface area contributed by atoms with E-state index in [9.17, 15) is 31.5 Å². The molecule has 2 amide bonds. The van der Waals surface area contributed by atoms with Crippen LogP contribution in [0.3, 0.4) is 0 Å². The molecule has 2 aromatic rings. The lowest BCUT2D eigenvalue weighted by Crippen LogP contribution is -2.60. The van der Waals surface area contributed by atoms with Gasteiger partial charge in [0.05, 0.1) is 25.2 Å². The molecule has 0 radical (unpaired) electrons. The van der Waals surface area contributed by atoms with E-state index in [-0.39, 0.29) is 12.1 Å². The van der Waals surface area contributed by atoms with E-state index in [1.165, 1.54) is 36.6 Å². The van der Waals surface area contributed by atoms with Gasteiger partial charge < -0.3 is 15.1 Å². The van der Waals surface area contributed by atoms with Gasteiger partial charge in [0, 0.05) is 31.9 Å². The molecule has 3 aliphatic rings. The Bertz CT molecular complexity index is 1220. The van der Waals surface area contributed by atoms with Crippen molar-refractivity contribution >= 4 is 17.5 Å². The number of likely N-dealkylation sites (tertiary alicyclic amines) is 1. The number of fused-ring (bicyclic) bond motifs is 1. The van der Waals surface area contributed by atoms with E-state index in [1.807, 2.05) is 12.1 Å². The largest absolute Gasteiger partial charge is 0.416 e. The summed E-state index contributed by atoms with van der Waals surface area (Å²) in [6.45, 7) is -0.104. The summed E-state index contributed by atoms with van der Waals surface area (Å²) >= 11 is 0. The van der Waals surface area contributed by atoms with Crippen LogP contribution in [0.1, 0.15) is 35.1 Å². The van der Waals surface area contributed by atoms with Gasteiger partial charge in [-0.05, 0) is 54.0 Å². The van der Waals surface area contributed by atoms with Gasteiger partial charge in [0.1, 0.15) is 6.54 Å². The number of benzene rings is 2. The lowest BCUT2D eigenvalue weighted by atomic mass is 9.97. The summed E-state index contributed by atoms with van der Waals surface area (Å²) in [4.78, 5) is 30.3. The normalized spacial score (nSPS) is 18.7. The van der Waals surface area contributed by atoms with Gasteiger partial charge in [-0.3, -0.25) is 14.5 Å². The molecule has 2 heterocycles. The highest BCUT2D eigenvalue weighted by atomic mass is 19.4. The second kappa shape index (κ2) is 10.7. The molecule has 2 aromatic carbocycles. The van der Waals surface area contributed by atoms with Crippen molar-refractivity contribution in [2.24, 2.45) is 5.92 Å². The van der Waals surface area contributed by atoms with Gasteiger partial charge in [-0.2, -0.15) is 13.2 Å². The van der Waals surface area contributed by atoms with Crippen LogP contribution in [0.15, 0.2) is 42.5 Å². The van der Waals surface area contributed by atoms with Crippen molar-refractivity contribution in [2.75, 3.05) is 44.6 Å². The third kappa shape index (κ3) is 6.69. The topological polar surface area (TPSA) is 55.9 Å². The fraction of sp³-hybridized carbons (Fsp3) is 0.500. The molecular formula is C28H31F5N4O2. The van der Waals surface area contributed by atoms with Crippen LogP contribution < -0.4 is 5.32 Å². The summed E-state index contributed by atoms with van der Waals surface area (Å²) in [6.07, 6.45) is -1.26. The quantitative estimate of drug-likeness (QED) is 0.471. The number of nitrogens with zero attached hydrogens (tertiary/aromatic N) is 3. The molecule has 0 unspecified atom stereocenters. The van der Waals surface area contributed by atoms with E-state index in [2.05, 4.69) is 16.3 Å². The SMILES string of the molecule is O=C(CNc1cccc2c1CN(CC1CC1)CC2)N(CC(=O)N1CC(F)(F)C1)Cc1ccccc1C(F)(F)F. The molecule has 210 valence electrons. The Morgan fingerprint density at radius 3 is 2.49 bits per heavy atom. The summed E-state index contributed by atoms with van der Waals surface area (Å²) in [5.74, 6) is -3.58. The highest BCUT2D eigenvalue weighted by Gasteiger charge is 2.46. The van der Waals surface area contributed by atoms with Crippen LogP contribution in [0.5, 0.6) is 0 Å². The van der Waals surface area contributed by atoms with Gasteiger partial charge in [0.25, 0.3) is 5.92 Å². The van der Waals surface area contributed by atoms with E-state index < -0.39 is 55.7 Å². The van der Waals surface area contributed by atoms with Gasteiger partial charge in [-0.25, -0.2) is 8.78 Å². The van der Waals surface area contributed by atoms with E-state index in [0.717, 1.165) is 59.1 Å². The first-order valence-electron chi connectivity index (χ1n) is 13.1. The van der Waals surface area contributed by atoms with Crippen LogP contribution in [0.2, 0.25) is 0 Å². The minimum absolute atomic E-state index is 0.173. The molecule has 2 fully saturated rings. The lowest BCUT2D eigenvalue weighted by molar-refractivity contribution is -0.167. The van der Waals surface area contributed by atoms with Gasteiger partial charge in [0.15, 0.2) is 0 Å². The minimum atomic E-state index is -4.65. The van der Waals surface area contributed by atoms with Crippen molar-refractivity contribution in [1.29, 1.82) is 0 Å². The Balaban J connectivity index is 1.30. The zero-order valence-electron chi connectivity index (χ0n) is 21.4. The number of nitrogens with one attached hydrogen (secondary N) is 1. The molecule has 0 spiro atoms. The van der Waals surface area contributed by atoms with Gasteiger partial charge in [0.2, 0.25) is 11.8 Å². The second-order valence-electron chi connectivity index (χ2n) is 10.7. The number of hydrogen-bond donors (Lipinski definition) is 1. The highest BCUT2D eigenvalue weighted by Crippen LogP contribution is 2.34. The van der Waals surface area contributed by atoms with Crippen molar-refractivity contribution < 1.29 is 31.5 Å². The third-order valence-corrected chi connectivity index (χ3v) is 7.56. The standard InChI is InChI=1S/C28H31F5N4O2/c29-27(30)17-37(18-27)26(39)16-36(14-21-4-1-2-6-23(21)28(31,32)33)25(38)12-34-24-7-3-5-20-10-11-35(15-22(20)24)13-19-8-9-19/h1-7,19,34H,8-18H2. The number of amides is 2. The molecule has 11 heteroatoms. The Hall–Kier alpha value is -3.21. The molecular weight excluding hydrogens is 519 g/mol. The fourth-order valence-corrected chi connectivity index (χ4v) is 5.23. The maximum atomic E-state index is 13.6.